The lowest BCUT2D eigenvalue weighted by atomic mass is 10.1. The van der Waals surface area contributed by atoms with Crippen molar-refractivity contribution in [2.45, 2.75) is 24.8 Å². The van der Waals surface area contributed by atoms with Crippen LogP contribution < -0.4 is 10.2 Å². The van der Waals surface area contributed by atoms with Crippen LogP contribution in [0.15, 0.2) is 41.3 Å². The number of carbonyl (C=O) groups excluding carboxylic acids is 2. The summed E-state index contributed by atoms with van der Waals surface area (Å²) in [5.41, 5.74) is 0.114. The Labute approximate surface area is 244 Å². The van der Waals surface area contributed by atoms with Crippen molar-refractivity contribution in [3.05, 3.63) is 75.0 Å². The van der Waals surface area contributed by atoms with E-state index in [1.807, 2.05) is 4.90 Å². The van der Waals surface area contributed by atoms with Gasteiger partial charge >= 0.3 is 6.09 Å². The Morgan fingerprint density at radius 1 is 1.12 bits per heavy atom. The van der Waals surface area contributed by atoms with E-state index in [4.69, 9.17) is 9.47 Å². The number of morpholine rings is 1. The minimum Gasteiger partial charge on any atom is -0.448 e. The van der Waals surface area contributed by atoms with Crippen LogP contribution in [0.3, 0.4) is 0 Å². The van der Waals surface area contributed by atoms with Gasteiger partial charge in [-0.15, -0.1) is 5.10 Å². The van der Waals surface area contributed by atoms with E-state index in [0.29, 0.717) is 50.2 Å². The number of amides is 1. The van der Waals surface area contributed by atoms with E-state index in [1.54, 1.807) is 13.0 Å². The summed E-state index contributed by atoms with van der Waals surface area (Å²) in [5, 5.41) is 18.5. The molecule has 43 heavy (non-hydrogen) atoms. The van der Waals surface area contributed by atoms with Crippen LogP contribution in [0.2, 0.25) is 0 Å². The zero-order valence-corrected chi connectivity index (χ0v) is 23.6. The van der Waals surface area contributed by atoms with E-state index >= 15 is 0 Å². The second kappa shape index (κ2) is 12.0. The van der Waals surface area contributed by atoms with Crippen molar-refractivity contribution in [3.63, 3.8) is 0 Å². The molecule has 3 heterocycles. The van der Waals surface area contributed by atoms with Gasteiger partial charge in [-0.05, 0) is 31.2 Å². The van der Waals surface area contributed by atoms with Crippen LogP contribution in [0.25, 0.3) is 0 Å². The number of carbonyl (C=O) groups is 2. The maximum absolute atomic E-state index is 13.8. The van der Waals surface area contributed by atoms with Gasteiger partial charge < -0.3 is 19.7 Å². The van der Waals surface area contributed by atoms with Crippen LogP contribution in [0.5, 0.6) is 0 Å². The van der Waals surface area contributed by atoms with E-state index in [-0.39, 0.29) is 42.2 Å². The van der Waals surface area contributed by atoms with E-state index in [0.717, 1.165) is 8.99 Å². The lowest BCUT2D eigenvalue weighted by Gasteiger charge is -2.28. The molecule has 5 rings (SSSR count). The summed E-state index contributed by atoms with van der Waals surface area (Å²) in [6, 6.07) is 6.03. The molecule has 2 aliphatic rings. The van der Waals surface area contributed by atoms with Gasteiger partial charge in [0.05, 0.1) is 35.3 Å². The number of sulfonamides is 1. The quantitative estimate of drug-likeness (QED) is 0.307. The molecule has 1 saturated heterocycles. The third-order valence-corrected chi connectivity index (χ3v) is 8.79. The number of nitro benzene ring substituents is 1. The summed E-state index contributed by atoms with van der Waals surface area (Å²) in [5.74, 6) is -3.32. The summed E-state index contributed by atoms with van der Waals surface area (Å²) in [6.07, 6.45) is -0.953. The topological polar surface area (TPSA) is 166 Å². The Morgan fingerprint density at radius 2 is 1.81 bits per heavy atom. The Bertz CT molecular complexity index is 1690. The summed E-state index contributed by atoms with van der Waals surface area (Å²) in [4.78, 5) is 38.5. The minimum atomic E-state index is -4.42. The monoisotopic (exact) mass is 620 g/mol. The molecule has 0 unspecified atom stereocenters. The Kier molecular flexibility index (Phi) is 8.38. The summed E-state index contributed by atoms with van der Waals surface area (Å²) < 4.78 is 66.4. The molecule has 1 N–H and O–H groups in total. The maximum atomic E-state index is 13.8. The number of rotatable bonds is 7. The second-order valence-corrected chi connectivity index (χ2v) is 11.5. The van der Waals surface area contributed by atoms with Gasteiger partial charge in [0.2, 0.25) is 10.0 Å². The molecule has 1 aromatic heterocycles. The lowest BCUT2D eigenvalue weighted by Crippen LogP contribution is -2.37. The molecule has 0 bridgehead atoms. The van der Waals surface area contributed by atoms with Crippen molar-refractivity contribution >= 4 is 39.2 Å². The Balaban J connectivity index is 1.49. The fourth-order valence-corrected chi connectivity index (χ4v) is 6.37. The third-order valence-electron chi connectivity index (χ3n) is 6.97. The molecule has 0 atom stereocenters. The zero-order valence-electron chi connectivity index (χ0n) is 22.8. The first-order valence-electron chi connectivity index (χ1n) is 13.2. The number of nitrogens with zero attached hydrogens (tertiary/aromatic N) is 5. The molecular weight excluding hydrogens is 594 g/mol. The number of fused-ring (bicyclic) bond motifs is 1. The number of anilines is 2. The van der Waals surface area contributed by atoms with Crippen LogP contribution >= 0.6 is 0 Å². The molecule has 0 saturated carbocycles. The van der Waals surface area contributed by atoms with Crippen molar-refractivity contribution in [2.75, 3.05) is 49.7 Å². The van der Waals surface area contributed by atoms with E-state index in [9.17, 15) is 36.9 Å². The molecule has 0 radical (unpaired) electrons. The molecule has 3 aromatic rings. The Morgan fingerprint density at radius 3 is 2.47 bits per heavy atom. The summed E-state index contributed by atoms with van der Waals surface area (Å²) >= 11 is 0. The fourth-order valence-electron chi connectivity index (χ4n) is 4.92. The fraction of sp³-hybridized carbons (Fsp3) is 0.346. The molecule has 1 fully saturated rings. The van der Waals surface area contributed by atoms with Crippen molar-refractivity contribution in [3.8, 4) is 0 Å². The van der Waals surface area contributed by atoms with E-state index in [1.165, 1.54) is 12.1 Å². The molecular formula is C26H26F2N6O8S. The predicted molar refractivity (Wildman–Crippen MR) is 146 cm³/mol. The van der Waals surface area contributed by atoms with Gasteiger partial charge in [0.1, 0.15) is 17.2 Å². The first kappa shape index (κ1) is 30.0. The predicted octanol–water partition coefficient (Wildman–Crippen LogP) is 2.91. The zero-order chi connectivity index (χ0) is 30.9. The number of nitrogens with one attached hydrogen (secondary N) is 1. The van der Waals surface area contributed by atoms with Crippen molar-refractivity contribution < 1.29 is 41.2 Å². The van der Waals surface area contributed by atoms with Gasteiger partial charge in [0.15, 0.2) is 5.82 Å². The number of halogens is 2. The average molecular weight is 621 g/mol. The van der Waals surface area contributed by atoms with Gasteiger partial charge in [-0.25, -0.2) is 22.0 Å². The summed E-state index contributed by atoms with van der Waals surface area (Å²) in [7, 11) is -4.42. The van der Waals surface area contributed by atoms with Crippen molar-refractivity contribution in [1.82, 2.24) is 14.1 Å². The molecule has 1 amide bonds. The summed E-state index contributed by atoms with van der Waals surface area (Å²) in [6.45, 7) is 2.90. The van der Waals surface area contributed by atoms with E-state index in [2.05, 4.69) is 10.4 Å². The number of benzene rings is 2. The molecule has 14 nitrogen and oxygen atoms in total. The maximum Gasteiger partial charge on any atom is 0.434 e. The normalized spacial score (nSPS) is 15.6. The smallest absolute Gasteiger partial charge is 0.434 e. The Hall–Kier alpha value is -4.48. The van der Waals surface area contributed by atoms with Crippen LogP contribution in [-0.2, 0) is 32.5 Å². The van der Waals surface area contributed by atoms with Gasteiger partial charge in [0.25, 0.3) is 11.6 Å². The number of hydrogen-bond acceptors (Lipinski definition) is 10. The number of ether oxygens (including phenoxy) is 2. The first-order chi connectivity index (χ1) is 20.5. The van der Waals surface area contributed by atoms with Crippen LogP contribution in [0.4, 0.5) is 30.8 Å². The van der Waals surface area contributed by atoms with Gasteiger partial charge in [-0.1, -0.05) is 0 Å². The highest BCUT2D eigenvalue weighted by molar-refractivity contribution is 7.89. The third kappa shape index (κ3) is 6.04. The largest absolute Gasteiger partial charge is 0.448 e. The molecule has 0 spiro atoms. The van der Waals surface area contributed by atoms with Crippen LogP contribution in [-0.4, -0.2) is 78.9 Å². The number of hydrogen-bond donors (Lipinski definition) is 1. The molecule has 0 aliphatic carbocycles. The van der Waals surface area contributed by atoms with E-state index < -0.39 is 55.7 Å². The molecule has 228 valence electrons. The standard InChI is InChI=1S/C26H26F2N6O8S/c1-2-42-26(36)33-22-5-6-32(43(39,40)19-12-16(27)11-17(28)13-19)15-21(22)24(30-33)29-25(35)20-4-3-18(14-23(20)34(37)38)31-7-9-41-10-8-31/h3-4,11-14H,2,5-10,15H2,1H3,(H,29,30,35). The van der Waals surface area contributed by atoms with Crippen LogP contribution in [0, 0.1) is 21.7 Å². The van der Waals surface area contributed by atoms with Gasteiger partial charge in [-0.3, -0.25) is 14.9 Å². The highest BCUT2D eigenvalue weighted by Gasteiger charge is 2.35. The number of nitro groups is 1. The van der Waals surface area contributed by atoms with Crippen LogP contribution in [0.1, 0.15) is 28.5 Å². The molecule has 2 aromatic carbocycles. The lowest BCUT2D eigenvalue weighted by molar-refractivity contribution is -0.385. The minimum absolute atomic E-state index is 0.00247. The highest BCUT2D eigenvalue weighted by Crippen LogP contribution is 2.32. The first-order valence-corrected chi connectivity index (χ1v) is 14.6. The van der Waals surface area contributed by atoms with Gasteiger partial charge in [-0.2, -0.15) is 8.99 Å². The van der Waals surface area contributed by atoms with Crippen molar-refractivity contribution in [2.24, 2.45) is 0 Å². The average Bonchev–Trinajstić information content (AvgIpc) is 3.34. The molecule has 2 aliphatic heterocycles. The SMILES string of the molecule is CCOC(=O)n1nc(NC(=O)c2ccc(N3CCOCC3)cc2[N+](=O)[O-])c2c1CCN(S(=O)(=O)c1cc(F)cc(F)c1)C2. The van der Waals surface area contributed by atoms with Crippen molar-refractivity contribution in [1.29, 1.82) is 0 Å². The highest BCUT2D eigenvalue weighted by atomic mass is 32.2. The van der Waals surface area contributed by atoms with Gasteiger partial charge in [0, 0.05) is 56.0 Å². The molecule has 17 heteroatoms. The number of aromatic nitrogens is 2. The second-order valence-electron chi connectivity index (χ2n) is 9.59.